The van der Waals surface area contributed by atoms with E-state index < -0.39 is 0 Å². The van der Waals surface area contributed by atoms with Crippen molar-refractivity contribution in [2.24, 2.45) is 0 Å². The summed E-state index contributed by atoms with van der Waals surface area (Å²) in [5.41, 5.74) is 0.941. The van der Waals surface area contributed by atoms with E-state index in [0.717, 1.165) is 44.6 Å². The second-order valence-corrected chi connectivity index (χ2v) is 6.57. The lowest BCUT2D eigenvalue weighted by Crippen LogP contribution is -2.45. The number of nitrogens with zero attached hydrogens (tertiary/aromatic N) is 2. The number of rotatable bonds is 6. The number of nitrogens with one attached hydrogen (secondary N) is 1. The van der Waals surface area contributed by atoms with Gasteiger partial charge in [-0.05, 0) is 6.42 Å². The molecule has 1 N–H and O–H groups in total. The average molecular weight is 424 g/mol. The van der Waals surface area contributed by atoms with E-state index >= 15 is 0 Å². The molecule has 0 amide bonds. The SMILES string of the molecule is CCCCC[C@@H](c1c(Cl)cnc(Cl)c1Cl)N1CCNCC1.Cl.Cl. The predicted octanol–water partition coefficient (Wildman–Crippen LogP) is 5.41. The summed E-state index contributed by atoms with van der Waals surface area (Å²) in [6.07, 6.45) is 6.24. The Morgan fingerprint density at radius 2 is 1.83 bits per heavy atom. The number of aromatic nitrogens is 1. The molecular weight excluding hydrogens is 399 g/mol. The van der Waals surface area contributed by atoms with Gasteiger partial charge >= 0.3 is 0 Å². The van der Waals surface area contributed by atoms with E-state index in [1.54, 1.807) is 6.20 Å². The standard InChI is InChI=1S/C15H22Cl3N3.2ClH/c1-2-3-4-5-12(21-8-6-19-7-9-21)13-11(16)10-20-15(18)14(13)17;;/h10,12,19H,2-9H2,1H3;2*1H/t12-;;/m0../s1. The minimum Gasteiger partial charge on any atom is -0.314 e. The highest BCUT2D eigenvalue weighted by molar-refractivity contribution is 6.43. The molecule has 3 nitrogen and oxygen atoms in total. The van der Waals surface area contributed by atoms with Gasteiger partial charge in [0.2, 0.25) is 0 Å². The zero-order valence-corrected chi connectivity index (χ0v) is 17.1. The number of piperazine rings is 1. The van der Waals surface area contributed by atoms with Gasteiger partial charge in [-0.3, -0.25) is 4.90 Å². The topological polar surface area (TPSA) is 28.2 Å². The minimum atomic E-state index is 0. The fourth-order valence-electron chi connectivity index (χ4n) is 2.85. The molecule has 8 heteroatoms. The normalized spacial score (nSPS) is 16.3. The Morgan fingerprint density at radius 1 is 1.17 bits per heavy atom. The van der Waals surface area contributed by atoms with Gasteiger partial charge in [-0.15, -0.1) is 24.8 Å². The molecule has 1 aromatic heterocycles. The molecule has 0 bridgehead atoms. The molecule has 1 saturated heterocycles. The van der Waals surface area contributed by atoms with Gasteiger partial charge in [-0.25, -0.2) is 4.98 Å². The van der Waals surface area contributed by atoms with Gasteiger partial charge in [0.15, 0.2) is 0 Å². The Labute approximate surface area is 166 Å². The molecule has 1 atom stereocenters. The van der Waals surface area contributed by atoms with Crippen molar-refractivity contribution in [2.75, 3.05) is 26.2 Å². The third-order valence-electron chi connectivity index (χ3n) is 3.97. The summed E-state index contributed by atoms with van der Waals surface area (Å²) in [5, 5.41) is 4.84. The highest BCUT2D eigenvalue weighted by Crippen LogP contribution is 2.39. The lowest BCUT2D eigenvalue weighted by molar-refractivity contribution is 0.163. The van der Waals surface area contributed by atoms with E-state index in [-0.39, 0.29) is 30.9 Å². The van der Waals surface area contributed by atoms with Crippen molar-refractivity contribution in [1.29, 1.82) is 0 Å². The number of hydrogen-bond donors (Lipinski definition) is 1. The van der Waals surface area contributed by atoms with Gasteiger partial charge in [0.05, 0.1) is 10.0 Å². The molecule has 2 rings (SSSR count). The number of hydrogen-bond acceptors (Lipinski definition) is 3. The summed E-state index contributed by atoms with van der Waals surface area (Å²) < 4.78 is 0. The van der Waals surface area contributed by atoms with Gasteiger partial charge in [0, 0.05) is 44.0 Å². The van der Waals surface area contributed by atoms with Crippen LogP contribution in [0.3, 0.4) is 0 Å². The molecule has 1 aromatic rings. The van der Waals surface area contributed by atoms with E-state index in [1.807, 2.05) is 0 Å². The van der Waals surface area contributed by atoms with E-state index in [4.69, 9.17) is 34.8 Å². The summed E-state index contributed by atoms with van der Waals surface area (Å²) in [4.78, 5) is 6.49. The summed E-state index contributed by atoms with van der Waals surface area (Å²) >= 11 is 18.9. The van der Waals surface area contributed by atoms with Crippen LogP contribution in [0.25, 0.3) is 0 Å². The molecule has 0 aromatic carbocycles. The van der Waals surface area contributed by atoms with Crippen LogP contribution in [0, 0.1) is 0 Å². The highest BCUT2D eigenvalue weighted by atomic mass is 35.5. The fraction of sp³-hybridized carbons (Fsp3) is 0.667. The first-order chi connectivity index (χ1) is 10.1. The molecule has 0 unspecified atom stereocenters. The minimum absolute atomic E-state index is 0. The van der Waals surface area contributed by atoms with Crippen LogP contribution in [-0.2, 0) is 0 Å². The Balaban J connectivity index is 0.00000242. The van der Waals surface area contributed by atoms with Crippen LogP contribution in [0.4, 0.5) is 0 Å². The average Bonchev–Trinajstić information content (AvgIpc) is 2.51. The van der Waals surface area contributed by atoms with Crippen molar-refractivity contribution >= 4 is 59.6 Å². The van der Waals surface area contributed by atoms with Crippen LogP contribution in [-0.4, -0.2) is 36.1 Å². The molecule has 0 radical (unpaired) electrons. The second-order valence-electron chi connectivity index (χ2n) is 5.42. The lowest BCUT2D eigenvalue weighted by atomic mass is 9.99. The summed E-state index contributed by atoms with van der Waals surface area (Å²) in [7, 11) is 0. The maximum absolute atomic E-state index is 6.40. The van der Waals surface area contributed by atoms with E-state index in [9.17, 15) is 0 Å². The third-order valence-corrected chi connectivity index (χ3v) is 5.04. The van der Waals surface area contributed by atoms with Gasteiger partial charge in [-0.1, -0.05) is 61.0 Å². The lowest BCUT2D eigenvalue weighted by Gasteiger charge is -2.36. The van der Waals surface area contributed by atoms with Crippen LogP contribution in [0.2, 0.25) is 15.2 Å². The molecule has 134 valence electrons. The monoisotopic (exact) mass is 421 g/mol. The Bertz CT molecular complexity index is 467. The number of pyridine rings is 1. The van der Waals surface area contributed by atoms with Crippen molar-refractivity contribution < 1.29 is 0 Å². The zero-order chi connectivity index (χ0) is 15.2. The van der Waals surface area contributed by atoms with E-state index in [2.05, 4.69) is 22.1 Å². The van der Waals surface area contributed by atoms with Crippen molar-refractivity contribution in [2.45, 2.75) is 38.6 Å². The Morgan fingerprint density at radius 3 is 2.43 bits per heavy atom. The molecule has 1 aliphatic rings. The van der Waals surface area contributed by atoms with Crippen molar-refractivity contribution in [3.8, 4) is 0 Å². The maximum atomic E-state index is 6.40. The summed E-state index contributed by atoms with van der Waals surface area (Å²) in [5.74, 6) is 0. The highest BCUT2D eigenvalue weighted by Gasteiger charge is 2.27. The molecule has 0 spiro atoms. The zero-order valence-electron chi connectivity index (χ0n) is 13.2. The van der Waals surface area contributed by atoms with Crippen LogP contribution < -0.4 is 5.32 Å². The van der Waals surface area contributed by atoms with Crippen LogP contribution in [0.1, 0.15) is 44.2 Å². The van der Waals surface area contributed by atoms with Crippen LogP contribution in [0.5, 0.6) is 0 Å². The molecule has 0 aliphatic carbocycles. The number of unbranched alkanes of at least 4 members (excludes halogenated alkanes) is 2. The Hall–Kier alpha value is 0.520. The largest absolute Gasteiger partial charge is 0.314 e. The molecular formula is C15H24Cl5N3. The van der Waals surface area contributed by atoms with Crippen molar-refractivity contribution in [3.05, 3.63) is 27.0 Å². The second kappa shape index (κ2) is 12.0. The smallest absolute Gasteiger partial charge is 0.148 e. The molecule has 1 aliphatic heterocycles. The van der Waals surface area contributed by atoms with E-state index in [1.165, 1.54) is 12.8 Å². The van der Waals surface area contributed by atoms with Crippen molar-refractivity contribution in [1.82, 2.24) is 15.2 Å². The van der Waals surface area contributed by atoms with Gasteiger partial charge in [-0.2, -0.15) is 0 Å². The molecule has 2 heterocycles. The van der Waals surface area contributed by atoms with E-state index in [0.29, 0.717) is 15.2 Å². The predicted molar refractivity (Wildman–Crippen MR) is 105 cm³/mol. The first-order valence-electron chi connectivity index (χ1n) is 7.59. The van der Waals surface area contributed by atoms with Crippen molar-refractivity contribution in [3.63, 3.8) is 0 Å². The molecule has 1 fully saturated rings. The van der Waals surface area contributed by atoms with Crippen LogP contribution >= 0.6 is 59.6 Å². The van der Waals surface area contributed by atoms with Gasteiger partial charge in [0.1, 0.15) is 5.15 Å². The first-order valence-corrected chi connectivity index (χ1v) is 8.72. The number of halogens is 5. The summed E-state index contributed by atoms with van der Waals surface area (Å²) in [6.45, 7) is 6.21. The summed E-state index contributed by atoms with van der Waals surface area (Å²) in [6, 6.07) is 0.221. The fourth-order valence-corrected chi connectivity index (χ4v) is 3.60. The van der Waals surface area contributed by atoms with Gasteiger partial charge < -0.3 is 5.32 Å². The first kappa shape index (κ1) is 23.5. The third kappa shape index (κ3) is 6.39. The maximum Gasteiger partial charge on any atom is 0.148 e. The molecule has 0 saturated carbocycles. The van der Waals surface area contributed by atoms with Gasteiger partial charge in [0.25, 0.3) is 0 Å². The van der Waals surface area contributed by atoms with Crippen LogP contribution in [0.15, 0.2) is 6.20 Å². The quantitative estimate of drug-likeness (QED) is 0.490. The Kier molecular flexibility index (Phi) is 12.2. The molecule has 23 heavy (non-hydrogen) atoms.